The third-order valence-electron chi connectivity index (χ3n) is 4.75. The predicted molar refractivity (Wildman–Crippen MR) is 95.8 cm³/mol. The van der Waals surface area contributed by atoms with Gasteiger partial charge in [-0.2, -0.15) is 26.3 Å². The molecule has 1 saturated heterocycles. The minimum atomic E-state index is -4.71. The van der Waals surface area contributed by atoms with Crippen LogP contribution in [0.3, 0.4) is 0 Å². The quantitative estimate of drug-likeness (QED) is 0.699. The summed E-state index contributed by atoms with van der Waals surface area (Å²) in [5.74, 6) is -2.09. The minimum absolute atomic E-state index is 0.0411. The zero-order valence-electron chi connectivity index (χ0n) is 15.7. The Hall–Kier alpha value is -3.24. The molecule has 166 valence electrons. The van der Waals surface area contributed by atoms with E-state index in [0.29, 0.717) is 12.1 Å². The number of carbonyl (C=O) groups excluding carboxylic acids is 2. The molecule has 2 aromatic rings. The van der Waals surface area contributed by atoms with E-state index in [0.717, 1.165) is 18.2 Å². The maximum Gasteiger partial charge on any atom is 0.416 e. The van der Waals surface area contributed by atoms with Crippen LogP contribution >= 0.6 is 0 Å². The van der Waals surface area contributed by atoms with Crippen LogP contribution in [0.15, 0.2) is 42.5 Å². The number of nitrogens with zero attached hydrogens (tertiary/aromatic N) is 1. The molecule has 0 spiro atoms. The molecule has 0 aromatic heterocycles. The number of alkyl halides is 6. The molecule has 11 heteroatoms. The van der Waals surface area contributed by atoms with Gasteiger partial charge in [-0.25, -0.2) is 0 Å². The summed E-state index contributed by atoms with van der Waals surface area (Å²) in [6, 6.07) is 5.56. The van der Waals surface area contributed by atoms with Crippen molar-refractivity contribution in [2.24, 2.45) is 0 Å². The Bertz CT molecular complexity index is 1000. The molecule has 1 fully saturated rings. The Balaban J connectivity index is 1.68. The Morgan fingerprint density at radius 1 is 1.03 bits per heavy atom. The van der Waals surface area contributed by atoms with Gasteiger partial charge in [0.05, 0.1) is 22.7 Å². The van der Waals surface area contributed by atoms with Crippen molar-refractivity contribution in [3.63, 3.8) is 0 Å². The second kappa shape index (κ2) is 8.12. The van der Waals surface area contributed by atoms with Crippen LogP contribution in [0, 0.1) is 0 Å². The van der Waals surface area contributed by atoms with Gasteiger partial charge in [-0.05, 0) is 35.9 Å². The number of likely N-dealkylation sites (tertiary alicyclic amines) is 1. The maximum absolute atomic E-state index is 12.8. The summed E-state index contributed by atoms with van der Waals surface area (Å²) in [7, 11) is 0. The molecule has 0 radical (unpaired) electrons. The van der Waals surface area contributed by atoms with E-state index in [-0.39, 0.29) is 25.1 Å². The van der Waals surface area contributed by atoms with Crippen molar-refractivity contribution in [1.82, 2.24) is 10.2 Å². The molecule has 1 aliphatic rings. The lowest BCUT2D eigenvalue weighted by Gasteiger charge is -2.18. The van der Waals surface area contributed by atoms with Gasteiger partial charge in [-0.15, -0.1) is 0 Å². The number of hydrogen-bond acceptors (Lipinski definition) is 3. The van der Waals surface area contributed by atoms with E-state index < -0.39 is 52.6 Å². The molecule has 3 rings (SSSR count). The Morgan fingerprint density at radius 2 is 1.68 bits per heavy atom. The monoisotopic (exact) mass is 446 g/mol. The first-order valence-electron chi connectivity index (χ1n) is 8.99. The van der Waals surface area contributed by atoms with Gasteiger partial charge >= 0.3 is 12.4 Å². The third kappa shape index (κ3) is 5.28. The maximum atomic E-state index is 12.8. The standard InChI is InChI=1S/C20H16F6N2O3/c21-19(22,23)12-3-1-2-11(6-12)9-28-10-14(8-17(28)30)27-18(31)15-7-13(20(24,25)26)4-5-16(15)29/h1-7,14,29H,8-10H2,(H,27,31)/t14-/m1/s1. The Morgan fingerprint density at radius 3 is 2.32 bits per heavy atom. The first kappa shape index (κ1) is 22.4. The highest BCUT2D eigenvalue weighted by Crippen LogP contribution is 2.32. The average Bonchev–Trinajstić information content (AvgIpc) is 2.99. The second-order valence-electron chi connectivity index (χ2n) is 7.08. The van der Waals surface area contributed by atoms with E-state index in [1.807, 2.05) is 0 Å². The molecule has 0 saturated carbocycles. The molecule has 1 heterocycles. The summed E-state index contributed by atoms with van der Waals surface area (Å²) in [5, 5.41) is 12.1. The minimum Gasteiger partial charge on any atom is -0.507 e. The number of phenols is 1. The highest BCUT2D eigenvalue weighted by molar-refractivity contribution is 5.97. The average molecular weight is 446 g/mol. The predicted octanol–water partition coefficient (Wildman–Crippen LogP) is 3.96. The zero-order valence-corrected chi connectivity index (χ0v) is 15.7. The molecular formula is C20H16F6N2O3. The molecule has 31 heavy (non-hydrogen) atoms. The molecule has 2 amide bonds. The fourth-order valence-corrected chi connectivity index (χ4v) is 3.25. The number of nitrogens with one attached hydrogen (secondary N) is 1. The number of hydrogen-bond donors (Lipinski definition) is 2. The number of amides is 2. The van der Waals surface area contributed by atoms with Gasteiger partial charge in [0, 0.05) is 19.5 Å². The van der Waals surface area contributed by atoms with E-state index >= 15 is 0 Å². The number of aromatic hydroxyl groups is 1. The lowest BCUT2D eigenvalue weighted by molar-refractivity contribution is -0.138. The molecule has 0 bridgehead atoms. The number of carbonyl (C=O) groups is 2. The Labute approximate surface area is 172 Å². The van der Waals surface area contributed by atoms with Crippen molar-refractivity contribution < 1.29 is 41.0 Å². The smallest absolute Gasteiger partial charge is 0.416 e. The van der Waals surface area contributed by atoms with Crippen molar-refractivity contribution in [3.8, 4) is 5.75 Å². The molecule has 2 aromatic carbocycles. The van der Waals surface area contributed by atoms with Crippen LogP contribution in [-0.2, 0) is 23.7 Å². The van der Waals surface area contributed by atoms with Gasteiger partial charge in [0.25, 0.3) is 5.91 Å². The highest BCUT2D eigenvalue weighted by atomic mass is 19.4. The van der Waals surface area contributed by atoms with Crippen LogP contribution in [-0.4, -0.2) is 34.4 Å². The molecule has 1 aliphatic heterocycles. The van der Waals surface area contributed by atoms with Gasteiger partial charge < -0.3 is 15.3 Å². The summed E-state index contributed by atoms with van der Waals surface area (Å²) in [6.07, 6.45) is -9.42. The zero-order chi connectivity index (χ0) is 23.0. The summed E-state index contributed by atoms with van der Waals surface area (Å²) >= 11 is 0. The van der Waals surface area contributed by atoms with E-state index in [4.69, 9.17) is 0 Å². The molecule has 0 aliphatic carbocycles. The van der Waals surface area contributed by atoms with Gasteiger partial charge in [0.15, 0.2) is 0 Å². The fraction of sp³-hybridized carbons (Fsp3) is 0.300. The van der Waals surface area contributed by atoms with Gasteiger partial charge in [-0.1, -0.05) is 12.1 Å². The van der Waals surface area contributed by atoms with E-state index in [1.54, 1.807) is 0 Å². The van der Waals surface area contributed by atoms with E-state index in [2.05, 4.69) is 5.32 Å². The van der Waals surface area contributed by atoms with Crippen LogP contribution in [0.4, 0.5) is 26.3 Å². The summed E-state index contributed by atoms with van der Waals surface area (Å²) < 4.78 is 77.1. The van der Waals surface area contributed by atoms with Crippen LogP contribution < -0.4 is 5.32 Å². The number of rotatable bonds is 4. The normalized spacial score (nSPS) is 17.2. The number of phenolic OH excluding ortho intramolecular Hbond substituents is 1. The first-order valence-corrected chi connectivity index (χ1v) is 8.99. The fourth-order valence-electron chi connectivity index (χ4n) is 3.25. The highest BCUT2D eigenvalue weighted by Gasteiger charge is 2.35. The molecular weight excluding hydrogens is 430 g/mol. The first-order chi connectivity index (χ1) is 14.3. The SMILES string of the molecule is O=C(N[C@@H]1CC(=O)N(Cc2cccc(C(F)(F)F)c2)C1)c1cc(C(F)(F)F)ccc1O. The largest absolute Gasteiger partial charge is 0.507 e. The molecule has 2 N–H and O–H groups in total. The van der Waals surface area contributed by atoms with Crippen molar-refractivity contribution >= 4 is 11.8 Å². The van der Waals surface area contributed by atoms with E-state index in [9.17, 15) is 41.0 Å². The third-order valence-corrected chi connectivity index (χ3v) is 4.75. The summed E-state index contributed by atoms with van der Waals surface area (Å²) in [5.41, 5.74) is -2.34. The second-order valence-corrected chi connectivity index (χ2v) is 7.08. The van der Waals surface area contributed by atoms with Gasteiger partial charge in [0.2, 0.25) is 5.91 Å². The van der Waals surface area contributed by atoms with Crippen molar-refractivity contribution in [3.05, 3.63) is 64.7 Å². The summed E-state index contributed by atoms with van der Waals surface area (Å²) in [6.45, 7) is -0.162. The van der Waals surface area contributed by atoms with Gasteiger partial charge in [-0.3, -0.25) is 9.59 Å². The van der Waals surface area contributed by atoms with Crippen LogP contribution in [0.5, 0.6) is 5.75 Å². The van der Waals surface area contributed by atoms with Crippen LogP contribution in [0.2, 0.25) is 0 Å². The number of benzene rings is 2. The molecule has 5 nitrogen and oxygen atoms in total. The lowest BCUT2D eigenvalue weighted by atomic mass is 10.1. The van der Waals surface area contributed by atoms with Crippen LogP contribution in [0.25, 0.3) is 0 Å². The molecule has 1 atom stereocenters. The van der Waals surface area contributed by atoms with E-state index in [1.165, 1.54) is 17.0 Å². The Kier molecular flexibility index (Phi) is 5.88. The summed E-state index contributed by atoms with van der Waals surface area (Å²) in [4.78, 5) is 25.8. The lowest BCUT2D eigenvalue weighted by Crippen LogP contribution is -2.37. The molecule has 0 unspecified atom stereocenters. The van der Waals surface area contributed by atoms with Gasteiger partial charge in [0.1, 0.15) is 5.75 Å². The van der Waals surface area contributed by atoms with Crippen molar-refractivity contribution in [1.29, 1.82) is 0 Å². The number of halogens is 6. The topological polar surface area (TPSA) is 69.6 Å². The van der Waals surface area contributed by atoms with Crippen molar-refractivity contribution in [2.45, 2.75) is 31.4 Å². The van der Waals surface area contributed by atoms with Crippen LogP contribution in [0.1, 0.15) is 33.5 Å². The van der Waals surface area contributed by atoms with Crippen molar-refractivity contribution in [2.75, 3.05) is 6.54 Å².